The molecule has 0 unspecified atom stereocenters. The summed E-state index contributed by atoms with van der Waals surface area (Å²) in [7, 11) is 0. The maximum atomic E-state index is 5.58. The highest BCUT2D eigenvalue weighted by atomic mass is 35.5. The van der Waals surface area contributed by atoms with Gasteiger partial charge in [0.2, 0.25) is 0 Å². The number of hydrogen-bond acceptors (Lipinski definition) is 1. The number of alkyl halides is 2. The smallest absolute Gasteiger partial charge is 0.0647 e. The van der Waals surface area contributed by atoms with Crippen LogP contribution in [0.3, 0.4) is 0 Å². The van der Waals surface area contributed by atoms with Crippen molar-refractivity contribution in [2.75, 3.05) is 0 Å². The van der Waals surface area contributed by atoms with E-state index >= 15 is 0 Å². The Bertz CT molecular complexity index is 193. The molecule has 0 atom stereocenters. The first-order valence-electron chi connectivity index (χ1n) is 2.92. The molecule has 0 aliphatic rings. The van der Waals surface area contributed by atoms with E-state index < -0.39 is 0 Å². The van der Waals surface area contributed by atoms with E-state index in [0.29, 0.717) is 11.8 Å². The van der Waals surface area contributed by atoms with Gasteiger partial charge in [-0.25, -0.2) is 0 Å². The minimum atomic E-state index is 0.449. The van der Waals surface area contributed by atoms with Gasteiger partial charge in [0.25, 0.3) is 0 Å². The van der Waals surface area contributed by atoms with E-state index in [1.165, 1.54) is 0 Å². The standard InChI is InChI=1S/C7H7Cl2N/c8-4-6-1-2-10-7(3-6)5-9/h1-3H,4-5H2. The molecule has 0 saturated carbocycles. The van der Waals surface area contributed by atoms with E-state index in [1.807, 2.05) is 12.1 Å². The zero-order chi connectivity index (χ0) is 7.40. The van der Waals surface area contributed by atoms with Crippen molar-refractivity contribution < 1.29 is 0 Å². The van der Waals surface area contributed by atoms with Crippen molar-refractivity contribution in [2.24, 2.45) is 0 Å². The van der Waals surface area contributed by atoms with Gasteiger partial charge in [0, 0.05) is 12.1 Å². The monoisotopic (exact) mass is 175 g/mol. The summed E-state index contributed by atoms with van der Waals surface area (Å²) in [6.45, 7) is 0. The average molecular weight is 176 g/mol. The predicted octanol–water partition coefficient (Wildman–Crippen LogP) is 2.56. The second-order valence-electron chi connectivity index (χ2n) is 1.92. The Morgan fingerprint density at radius 1 is 1.30 bits per heavy atom. The van der Waals surface area contributed by atoms with Gasteiger partial charge in [0.05, 0.1) is 11.6 Å². The highest BCUT2D eigenvalue weighted by Gasteiger charge is 1.92. The van der Waals surface area contributed by atoms with Crippen LogP contribution in [0.5, 0.6) is 0 Å². The fraction of sp³-hybridized carbons (Fsp3) is 0.286. The summed E-state index contributed by atoms with van der Waals surface area (Å²) in [5.41, 5.74) is 1.94. The third kappa shape index (κ3) is 1.86. The molecule has 1 aromatic rings. The van der Waals surface area contributed by atoms with Crippen molar-refractivity contribution in [3.05, 3.63) is 29.6 Å². The van der Waals surface area contributed by atoms with Gasteiger partial charge < -0.3 is 0 Å². The Morgan fingerprint density at radius 2 is 2.10 bits per heavy atom. The van der Waals surface area contributed by atoms with Crippen LogP contribution in [0.15, 0.2) is 18.3 Å². The van der Waals surface area contributed by atoms with Crippen molar-refractivity contribution in [3.8, 4) is 0 Å². The van der Waals surface area contributed by atoms with E-state index in [2.05, 4.69) is 4.98 Å². The molecule has 0 aliphatic heterocycles. The Balaban J connectivity index is 2.87. The molecule has 0 amide bonds. The molecule has 0 N–H and O–H groups in total. The van der Waals surface area contributed by atoms with Crippen molar-refractivity contribution in [1.82, 2.24) is 4.98 Å². The topological polar surface area (TPSA) is 12.9 Å². The lowest BCUT2D eigenvalue weighted by molar-refractivity contribution is 1.14. The molecule has 0 bridgehead atoms. The van der Waals surface area contributed by atoms with Crippen LogP contribution in [0.25, 0.3) is 0 Å². The average Bonchev–Trinajstić information content (AvgIpc) is 2.05. The first-order chi connectivity index (χ1) is 4.86. The molecule has 1 aromatic heterocycles. The minimum absolute atomic E-state index is 0.449. The molecule has 10 heavy (non-hydrogen) atoms. The van der Waals surface area contributed by atoms with Gasteiger partial charge in [-0.3, -0.25) is 4.98 Å². The van der Waals surface area contributed by atoms with Crippen molar-refractivity contribution in [3.63, 3.8) is 0 Å². The van der Waals surface area contributed by atoms with Crippen LogP contribution in [-0.4, -0.2) is 4.98 Å². The quantitative estimate of drug-likeness (QED) is 0.631. The Morgan fingerprint density at radius 3 is 2.70 bits per heavy atom. The summed E-state index contributed by atoms with van der Waals surface area (Å²) in [6.07, 6.45) is 1.72. The fourth-order valence-corrected chi connectivity index (χ4v) is 0.997. The normalized spacial score (nSPS) is 9.80. The second kappa shape index (κ2) is 3.79. The molecular weight excluding hydrogens is 169 g/mol. The van der Waals surface area contributed by atoms with Gasteiger partial charge in [-0.2, -0.15) is 0 Å². The summed E-state index contributed by atoms with van der Waals surface area (Å²) in [4.78, 5) is 4.02. The van der Waals surface area contributed by atoms with Crippen molar-refractivity contribution in [2.45, 2.75) is 11.8 Å². The van der Waals surface area contributed by atoms with Gasteiger partial charge in [-0.05, 0) is 17.7 Å². The lowest BCUT2D eigenvalue weighted by atomic mass is 10.2. The highest BCUT2D eigenvalue weighted by Crippen LogP contribution is 2.06. The Labute approximate surface area is 70.0 Å². The third-order valence-corrected chi connectivity index (χ3v) is 1.75. The van der Waals surface area contributed by atoms with Crippen molar-refractivity contribution in [1.29, 1.82) is 0 Å². The maximum absolute atomic E-state index is 5.58. The van der Waals surface area contributed by atoms with E-state index in [4.69, 9.17) is 23.2 Å². The van der Waals surface area contributed by atoms with Gasteiger partial charge in [-0.15, -0.1) is 23.2 Å². The number of halogens is 2. The number of hydrogen-bond donors (Lipinski definition) is 0. The van der Waals surface area contributed by atoms with Gasteiger partial charge >= 0.3 is 0 Å². The third-order valence-electron chi connectivity index (χ3n) is 1.17. The molecule has 1 heterocycles. The van der Waals surface area contributed by atoms with E-state index in [-0.39, 0.29) is 0 Å². The molecule has 0 aliphatic carbocycles. The molecule has 0 fully saturated rings. The van der Waals surface area contributed by atoms with Crippen LogP contribution in [-0.2, 0) is 11.8 Å². The van der Waals surface area contributed by atoms with E-state index in [0.717, 1.165) is 11.3 Å². The largest absolute Gasteiger partial charge is 0.260 e. The molecule has 0 radical (unpaired) electrons. The fourth-order valence-electron chi connectivity index (χ4n) is 0.684. The van der Waals surface area contributed by atoms with Crippen LogP contribution >= 0.6 is 23.2 Å². The van der Waals surface area contributed by atoms with Crippen LogP contribution in [0.4, 0.5) is 0 Å². The van der Waals surface area contributed by atoms with Crippen LogP contribution in [0, 0.1) is 0 Å². The minimum Gasteiger partial charge on any atom is -0.260 e. The van der Waals surface area contributed by atoms with Gasteiger partial charge in [-0.1, -0.05) is 0 Å². The van der Waals surface area contributed by atoms with Gasteiger partial charge in [0.15, 0.2) is 0 Å². The van der Waals surface area contributed by atoms with E-state index in [1.54, 1.807) is 6.20 Å². The lowest BCUT2D eigenvalue weighted by Crippen LogP contribution is -1.86. The molecule has 0 saturated heterocycles. The molecular formula is C7H7Cl2N. The van der Waals surface area contributed by atoms with Crippen LogP contribution in [0.2, 0.25) is 0 Å². The SMILES string of the molecule is ClCc1ccnc(CCl)c1. The van der Waals surface area contributed by atoms with Crippen LogP contribution in [0.1, 0.15) is 11.3 Å². The number of aromatic nitrogens is 1. The lowest BCUT2D eigenvalue weighted by Gasteiger charge is -1.95. The van der Waals surface area contributed by atoms with Crippen LogP contribution < -0.4 is 0 Å². The first kappa shape index (κ1) is 7.83. The highest BCUT2D eigenvalue weighted by molar-refractivity contribution is 6.17. The molecule has 1 rings (SSSR count). The predicted molar refractivity (Wildman–Crippen MR) is 43.4 cm³/mol. The number of pyridine rings is 1. The maximum Gasteiger partial charge on any atom is 0.0647 e. The molecule has 54 valence electrons. The zero-order valence-corrected chi connectivity index (χ0v) is 6.86. The summed E-state index contributed by atoms with van der Waals surface area (Å²) in [6, 6.07) is 3.78. The molecule has 0 aromatic carbocycles. The summed E-state index contributed by atoms with van der Waals surface area (Å²) in [5.74, 6) is 0.969. The van der Waals surface area contributed by atoms with Crippen molar-refractivity contribution >= 4 is 23.2 Å². The summed E-state index contributed by atoms with van der Waals surface area (Å²) >= 11 is 11.1. The van der Waals surface area contributed by atoms with Gasteiger partial charge in [0.1, 0.15) is 0 Å². The molecule has 1 nitrogen and oxygen atoms in total. The first-order valence-corrected chi connectivity index (χ1v) is 3.99. The molecule has 3 heteroatoms. The molecule has 0 spiro atoms. The number of rotatable bonds is 2. The summed E-state index contributed by atoms with van der Waals surface area (Å²) in [5, 5.41) is 0. The summed E-state index contributed by atoms with van der Waals surface area (Å²) < 4.78 is 0. The zero-order valence-electron chi connectivity index (χ0n) is 5.35. The Kier molecular flexibility index (Phi) is 2.97. The van der Waals surface area contributed by atoms with E-state index in [9.17, 15) is 0 Å². The Hall–Kier alpha value is -0.270. The second-order valence-corrected chi connectivity index (χ2v) is 2.46. The number of nitrogens with zero attached hydrogens (tertiary/aromatic N) is 1.